The highest BCUT2D eigenvalue weighted by atomic mass is 32.2. The average molecular weight is 607 g/mol. The van der Waals surface area contributed by atoms with Gasteiger partial charge in [-0.15, -0.1) is 0 Å². The van der Waals surface area contributed by atoms with E-state index in [4.69, 9.17) is 31.4 Å². The van der Waals surface area contributed by atoms with Gasteiger partial charge in [0.1, 0.15) is 21.9 Å². The van der Waals surface area contributed by atoms with Gasteiger partial charge in [-0.2, -0.15) is 0 Å². The molecule has 41 heavy (non-hydrogen) atoms. The molecule has 0 radical (unpaired) electrons. The Bertz CT molecular complexity index is 1820. The fraction of sp³-hybridized carbons (Fsp3) is 0.172. The van der Waals surface area contributed by atoms with E-state index >= 15 is 0 Å². The van der Waals surface area contributed by atoms with Crippen LogP contribution in [-0.2, 0) is 4.79 Å². The van der Waals surface area contributed by atoms with E-state index in [1.54, 1.807) is 29.9 Å². The summed E-state index contributed by atoms with van der Waals surface area (Å²) in [7, 11) is 3.07. The van der Waals surface area contributed by atoms with Crippen LogP contribution < -0.4 is 25.1 Å². The Balaban J connectivity index is 1.54. The molecule has 2 heterocycles. The van der Waals surface area contributed by atoms with Gasteiger partial charge in [-0.05, 0) is 67.7 Å². The second-order valence-electron chi connectivity index (χ2n) is 8.56. The van der Waals surface area contributed by atoms with E-state index in [2.05, 4.69) is 5.32 Å². The lowest BCUT2D eigenvalue weighted by Crippen LogP contribution is -2.22. The number of carbonyl (C=O) groups is 1. The number of hydrogen-bond acceptors (Lipinski definition) is 9. The monoisotopic (exact) mass is 606 g/mol. The zero-order valence-electron chi connectivity index (χ0n) is 22.5. The third-order valence-corrected chi connectivity index (χ3v) is 8.30. The molecule has 0 aliphatic rings. The van der Waals surface area contributed by atoms with Gasteiger partial charge in [-0.1, -0.05) is 41.3 Å². The number of ether oxygens (including phenoxy) is 3. The van der Waals surface area contributed by atoms with Crippen LogP contribution in [0.1, 0.15) is 6.92 Å². The van der Waals surface area contributed by atoms with Crippen LogP contribution in [0.5, 0.6) is 17.2 Å². The lowest BCUT2D eigenvalue weighted by molar-refractivity contribution is -0.113. The van der Waals surface area contributed by atoms with Gasteiger partial charge in [0, 0.05) is 11.8 Å². The summed E-state index contributed by atoms with van der Waals surface area (Å²) < 4.78 is 20.4. The normalized spacial score (nSPS) is 10.9. The molecule has 9 nitrogen and oxygen atoms in total. The second-order valence-corrected chi connectivity index (χ2v) is 11.1. The molecule has 0 bridgehead atoms. The van der Waals surface area contributed by atoms with Gasteiger partial charge in [0.15, 0.2) is 14.8 Å². The summed E-state index contributed by atoms with van der Waals surface area (Å²) in [5, 5.41) is 3.22. The van der Waals surface area contributed by atoms with Crippen molar-refractivity contribution in [2.45, 2.75) is 12.1 Å². The number of nitrogens with one attached hydrogen (secondary N) is 1. The number of aromatic nitrogens is 3. The molecule has 1 N–H and O–H groups in total. The Morgan fingerprint density at radius 1 is 0.976 bits per heavy atom. The Hall–Kier alpha value is -4.13. The van der Waals surface area contributed by atoms with Gasteiger partial charge in [0.2, 0.25) is 5.91 Å². The second kappa shape index (κ2) is 12.6. The highest BCUT2D eigenvalue weighted by Gasteiger charge is 2.20. The number of methoxy groups -OCH3 is 2. The molecule has 0 fully saturated rings. The van der Waals surface area contributed by atoms with Gasteiger partial charge < -0.3 is 19.5 Å². The Morgan fingerprint density at radius 3 is 2.37 bits per heavy atom. The molecule has 0 unspecified atom stereocenters. The van der Waals surface area contributed by atoms with Gasteiger partial charge in [0.25, 0.3) is 5.56 Å². The number of hydrogen-bond donors (Lipinski definition) is 1. The fourth-order valence-electron chi connectivity index (χ4n) is 4.15. The Morgan fingerprint density at radius 2 is 1.68 bits per heavy atom. The van der Waals surface area contributed by atoms with E-state index < -0.39 is 0 Å². The molecule has 1 amide bonds. The van der Waals surface area contributed by atoms with Crippen LogP contribution in [0.4, 0.5) is 5.69 Å². The Labute approximate surface area is 249 Å². The molecular formula is C29H26N4O5S3. The number of benzene rings is 3. The number of rotatable bonds is 10. The van der Waals surface area contributed by atoms with Crippen molar-refractivity contribution in [3.8, 4) is 28.6 Å². The number of para-hydroxylation sites is 1. The summed E-state index contributed by atoms with van der Waals surface area (Å²) >= 11 is 8.03. The summed E-state index contributed by atoms with van der Waals surface area (Å²) in [6, 6.07) is 21.8. The molecule has 5 rings (SSSR count). The van der Waals surface area contributed by atoms with Crippen molar-refractivity contribution < 1.29 is 19.0 Å². The number of amides is 1. The number of carbonyl (C=O) groups excluding carboxylic acids is 1. The molecule has 0 aliphatic heterocycles. The van der Waals surface area contributed by atoms with Crippen LogP contribution in [0.3, 0.4) is 0 Å². The van der Waals surface area contributed by atoms with Crippen LogP contribution in [0.2, 0.25) is 0 Å². The van der Waals surface area contributed by atoms with E-state index in [1.165, 1.54) is 23.0 Å². The molecule has 0 atom stereocenters. The van der Waals surface area contributed by atoms with Crippen molar-refractivity contribution in [1.82, 2.24) is 14.1 Å². The minimum atomic E-state index is -0.302. The maximum Gasteiger partial charge on any atom is 0.278 e. The zero-order valence-corrected chi connectivity index (χ0v) is 24.9. The van der Waals surface area contributed by atoms with Gasteiger partial charge in [-0.3, -0.25) is 18.7 Å². The minimum absolute atomic E-state index is 0.0148. The summed E-state index contributed by atoms with van der Waals surface area (Å²) in [6.07, 6.45) is 0. The predicted octanol–water partition coefficient (Wildman–Crippen LogP) is 6.11. The smallest absolute Gasteiger partial charge is 0.278 e. The van der Waals surface area contributed by atoms with E-state index in [1.807, 2.05) is 61.5 Å². The predicted molar refractivity (Wildman–Crippen MR) is 165 cm³/mol. The third kappa shape index (κ3) is 5.99. The number of anilines is 1. The summed E-state index contributed by atoms with van der Waals surface area (Å²) in [5.41, 5.74) is 2.03. The molecule has 3 aromatic carbocycles. The van der Waals surface area contributed by atoms with Crippen molar-refractivity contribution in [1.29, 1.82) is 0 Å². The summed E-state index contributed by atoms with van der Waals surface area (Å²) in [6.45, 7) is 2.48. The minimum Gasteiger partial charge on any atom is -0.497 e. The molecule has 2 aromatic heterocycles. The molecule has 0 spiro atoms. The van der Waals surface area contributed by atoms with Crippen molar-refractivity contribution in [2.24, 2.45) is 0 Å². The van der Waals surface area contributed by atoms with Gasteiger partial charge in [-0.25, -0.2) is 4.98 Å². The molecule has 210 valence electrons. The standard InChI is InChI=1S/C29H26N4O5S3/c1-4-38-20-12-10-19(11-13-20)32-26-25(41-29(32)39)27(35)33(18-8-6-5-7-9-18)28(31-26)40-17-24(34)30-22-16-21(36-2)14-15-23(22)37-3/h5-16H,4,17H2,1-3H3,(H,30,34). The largest absolute Gasteiger partial charge is 0.497 e. The quantitative estimate of drug-likeness (QED) is 0.116. The average Bonchev–Trinajstić information content (AvgIpc) is 3.33. The van der Waals surface area contributed by atoms with Crippen molar-refractivity contribution >= 4 is 57.3 Å². The maximum atomic E-state index is 13.9. The van der Waals surface area contributed by atoms with Crippen LogP contribution >= 0.6 is 35.3 Å². The molecule has 0 saturated carbocycles. The van der Waals surface area contributed by atoms with Crippen molar-refractivity contribution in [3.63, 3.8) is 0 Å². The molecule has 5 aromatic rings. The molecule has 12 heteroatoms. The van der Waals surface area contributed by atoms with Crippen molar-refractivity contribution in [2.75, 3.05) is 31.9 Å². The van der Waals surface area contributed by atoms with Crippen LogP contribution in [0.25, 0.3) is 21.7 Å². The topological polar surface area (TPSA) is 96.6 Å². The SMILES string of the molecule is CCOc1ccc(-n2c(=S)sc3c(=O)n(-c4ccccc4)c(SCC(=O)Nc4cc(OC)ccc4OC)nc32)cc1. The maximum absolute atomic E-state index is 13.9. The first-order valence-corrected chi connectivity index (χ1v) is 14.8. The third-order valence-electron chi connectivity index (χ3n) is 6.01. The highest BCUT2D eigenvalue weighted by Crippen LogP contribution is 2.31. The number of nitrogens with zero attached hydrogens (tertiary/aromatic N) is 3. The van der Waals surface area contributed by atoms with Gasteiger partial charge >= 0.3 is 0 Å². The van der Waals surface area contributed by atoms with Crippen LogP contribution in [-0.4, -0.2) is 46.6 Å². The molecule has 0 aliphatic carbocycles. The number of fused-ring (bicyclic) bond motifs is 1. The lowest BCUT2D eigenvalue weighted by atomic mass is 10.2. The first-order chi connectivity index (χ1) is 19.9. The first kappa shape index (κ1) is 28.4. The van der Waals surface area contributed by atoms with Gasteiger partial charge in [0.05, 0.1) is 38.0 Å². The lowest BCUT2D eigenvalue weighted by Gasteiger charge is -2.14. The summed E-state index contributed by atoms with van der Waals surface area (Å²) in [5.74, 6) is 1.49. The zero-order chi connectivity index (χ0) is 28.9. The van der Waals surface area contributed by atoms with Crippen molar-refractivity contribution in [3.05, 3.63) is 87.1 Å². The summed E-state index contributed by atoms with van der Waals surface area (Å²) in [4.78, 5) is 31.8. The van der Waals surface area contributed by atoms with E-state index in [0.717, 1.165) is 23.2 Å². The molecule has 0 saturated heterocycles. The van der Waals surface area contributed by atoms with E-state index in [-0.39, 0.29) is 17.2 Å². The van der Waals surface area contributed by atoms with Crippen LogP contribution in [0.15, 0.2) is 82.7 Å². The number of thiazole rings is 1. The van der Waals surface area contributed by atoms with Crippen LogP contribution in [0, 0.1) is 3.95 Å². The number of thioether (sulfide) groups is 1. The molecular weight excluding hydrogens is 581 g/mol. The Kier molecular flexibility index (Phi) is 8.72. The van der Waals surface area contributed by atoms with E-state index in [0.29, 0.717) is 48.9 Å². The first-order valence-electron chi connectivity index (χ1n) is 12.6. The van der Waals surface area contributed by atoms with E-state index in [9.17, 15) is 9.59 Å². The fourth-order valence-corrected chi connectivity index (χ4v) is 6.26. The highest BCUT2D eigenvalue weighted by molar-refractivity contribution is 7.99.